The van der Waals surface area contributed by atoms with Crippen LogP contribution in [0.5, 0.6) is 11.5 Å². The van der Waals surface area contributed by atoms with Crippen molar-refractivity contribution in [1.29, 1.82) is 0 Å². The van der Waals surface area contributed by atoms with Gasteiger partial charge < -0.3 is 4.74 Å². The van der Waals surface area contributed by atoms with E-state index < -0.39 is 14.9 Å². The lowest BCUT2D eigenvalue weighted by Crippen LogP contribution is -2.77. The number of benzene rings is 2. The van der Waals surface area contributed by atoms with E-state index in [1.807, 2.05) is 0 Å². The Hall–Kier alpha value is -2.36. The van der Waals surface area contributed by atoms with Crippen LogP contribution in [0, 0.1) is 10.1 Å². The van der Waals surface area contributed by atoms with Crippen molar-refractivity contribution < 1.29 is 22.5 Å². The van der Waals surface area contributed by atoms with Crippen LogP contribution in [0.3, 0.4) is 0 Å². The van der Waals surface area contributed by atoms with Crippen molar-refractivity contribution in [3.05, 3.63) is 56.6 Å². The van der Waals surface area contributed by atoms with Crippen molar-refractivity contribution in [3.63, 3.8) is 0 Å². The van der Waals surface area contributed by atoms with Crippen molar-refractivity contribution >= 4 is 44.7 Å². The molecule has 0 radical (unpaired) electrons. The highest BCUT2D eigenvalue weighted by Crippen LogP contribution is 2.38. The second-order valence-corrected chi connectivity index (χ2v) is 7.35. The molecule has 0 heterocycles. The number of nitro benzene ring substituents is 1. The number of hydrogen-bond donors (Lipinski definition) is 2. The molecule has 0 atom stereocenters. The van der Waals surface area contributed by atoms with Gasteiger partial charge in [-0.15, -0.1) is 0 Å². The quantitative estimate of drug-likeness (QED) is 0.338. The van der Waals surface area contributed by atoms with E-state index in [-0.39, 0.29) is 38.0 Å². The molecule has 3 N–H and O–H groups in total. The molecule has 0 amide bonds. The summed E-state index contributed by atoms with van der Waals surface area (Å²) >= 11 is 12.1. The maximum Gasteiger partial charge on any atom is 0.328 e. The number of sulfonamides is 1. The first-order valence-electron chi connectivity index (χ1n) is 6.63. The second kappa shape index (κ2) is 7.26. The molecule has 2 aromatic carbocycles. The van der Waals surface area contributed by atoms with E-state index >= 15 is 0 Å². The zero-order valence-corrected chi connectivity index (χ0v) is 15.0. The largest absolute Gasteiger partial charge is 0.454 e. The van der Waals surface area contributed by atoms with Crippen LogP contribution in [0.25, 0.3) is 0 Å². The topological polar surface area (TPSA) is 126 Å². The third-order valence-corrected chi connectivity index (χ3v) is 4.85. The van der Waals surface area contributed by atoms with Gasteiger partial charge in [0.25, 0.3) is 11.5 Å². The van der Waals surface area contributed by atoms with Gasteiger partial charge in [0.15, 0.2) is 5.75 Å². The third kappa shape index (κ3) is 4.59. The van der Waals surface area contributed by atoms with Crippen LogP contribution in [0.15, 0.2) is 41.3 Å². The van der Waals surface area contributed by atoms with Gasteiger partial charge in [0, 0.05) is 19.1 Å². The van der Waals surface area contributed by atoms with Gasteiger partial charge >= 0.3 is 10.0 Å². The number of halogens is 2. The van der Waals surface area contributed by atoms with Crippen molar-refractivity contribution in [3.8, 4) is 11.5 Å². The molecule has 0 aromatic heterocycles. The van der Waals surface area contributed by atoms with Crippen molar-refractivity contribution in [2.24, 2.45) is 5.73 Å². The normalized spacial score (nSPS) is 12.0. The summed E-state index contributed by atoms with van der Waals surface area (Å²) in [6.07, 6.45) is 0. The second-order valence-electron chi connectivity index (χ2n) is 4.86. The van der Waals surface area contributed by atoms with Crippen LogP contribution in [-0.2, 0) is 10.0 Å². The molecule has 0 saturated carbocycles. The number of nitrogens with one attached hydrogen (secondary N) is 1. The number of hydrogen-bond acceptors (Lipinski definition) is 5. The zero-order chi connectivity index (χ0) is 18.8. The Bertz CT molecular complexity index is 932. The van der Waals surface area contributed by atoms with Gasteiger partial charge in [-0.1, -0.05) is 23.2 Å². The summed E-state index contributed by atoms with van der Waals surface area (Å²) in [6.45, 7) is 1.38. The fourth-order valence-corrected chi connectivity index (χ4v) is 3.60. The standard InChI is InChI=1S/C14H11Cl2N3O5S/c1-8(17)18-25(22,23)11-6-12(15)14(13(16)7-11)24-10-4-2-9(3-5-10)19(20)21/h2-7H,1H3,(H2,17,18)/p+1. The molecule has 0 bridgehead atoms. The summed E-state index contributed by atoms with van der Waals surface area (Å²) in [5, 5.41) is 10.5. The molecular weight excluding hydrogens is 393 g/mol. The lowest BCUT2D eigenvalue weighted by atomic mass is 10.3. The molecule has 0 saturated heterocycles. The van der Waals surface area contributed by atoms with Crippen LogP contribution in [-0.4, -0.2) is 19.2 Å². The third-order valence-electron chi connectivity index (χ3n) is 2.84. The highest BCUT2D eigenvalue weighted by Gasteiger charge is 2.21. The van der Waals surface area contributed by atoms with E-state index in [4.69, 9.17) is 33.7 Å². The van der Waals surface area contributed by atoms with Crippen LogP contribution in [0.2, 0.25) is 10.0 Å². The van der Waals surface area contributed by atoms with Crippen molar-refractivity contribution in [2.75, 3.05) is 0 Å². The molecule has 0 aliphatic carbocycles. The van der Waals surface area contributed by atoms with Crippen molar-refractivity contribution in [2.45, 2.75) is 11.8 Å². The minimum atomic E-state index is -3.92. The van der Waals surface area contributed by atoms with Gasteiger partial charge in [0.2, 0.25) is 0 Å². The summed E-state index contributed by atoms with van der Waals surface area (Å²) in [7, 11) is -3.92. The number of nitrogens with zero attached hydrogens (tertiary/aromatic N) is 1. The fourth-order valence-electron chi connectivity index (χ4n) is 1.81. The fraction of sp³-hybridized carbons (Fsp3) is 0.0714. The number of nitrogens with two attached hydrogens (primary N) is 1. The highest BCUT2D eigenvalue weighted by atomic mass is 35.5. The Morgan fingerprint density at radius 3 is 2.16 bits per heavy atom. The summed E-state index contributed by atoms with van der Waals surface area (Å²) < 4.78 is 31.8. The minimum absolute atomic E-state index is 0.0153. The number of nitro groups is 1. The Balaban J connectivity index is 2.38. The van der Waals surface area contributed by atoms with E-state index in [2.05, 4.69) is 4.40 Å². The van der Waals surface area contributed by atoms with E-state index in [0.717, 1.165) is 12.1 Å². The Kier molecular flexibility index (Phi) is 5.51. The lowest BCUT2D eigenvalue weighted by molar-refractivity contribution is -0.384. The first-order chi connectivity index (χ1) is 11.6. The van der Waals surface area contributed by atoms with Gasteiger partial charge in [-0.25, -0.2) is 0 Å². The molecule has 11 heteroatoms. The maximum absolute atomic E-state index is 12.1. The van der Waals surface area contributed by atoms with Crippen LogP contribution in [0.4, 0.5) is 5.69 Å². The van der Waals surface area contributed by atoms with Gasteiger partial charge in [0.05, 0.1) is 15.0 Å². The summed E-state index contributed by atoms with van der Waals surface area (Å²) in [4.78, 5) is 9.90. The predicted molar refractivity (Wildman–Crippen MR) is 92.6 cm³/mol. The zero-order valence-electron chi connectivity index (χ0n) is 12.7. The van der Waals surface area contributed by atoms with Crippen molar-refractivity contribution in [1.82, 2.24) is 0 Å². The van der Waals surface area contributed by atoms with E-state index in [9.17, 15) is 18.5 Å². The summed E-state index contributed by atoms with van der Waals surface area (Å²) in [5.41, 5.74) is 5.24. The molecule has 0 aliphatic heterocycles. The first-order valence-corrected chi connectivity index (χ1v) is 8.87. The van der Waals surface area contributed by atoms with E-state index in [1.165, 1.54) is 31.2 Å². The van der Waals surface area contributed by atoms with Gasteiger partial charge in [-0.05, 0) is 24.3 Å². The van der Waals surface area contributed by atoms with Crippen LogP contribution in [0.1, 0.15) is 6.92 Å². The molecule has 8 nitrogen and oxygen atoms in total. The van der Waals surface area contributed by atoms with Gasteiger partial charge in [-0.2, -0.15) is 12.8 Å². The Morgan fingerprint density at radius 2 is 1.72 bits per heavy atom. The molecule has 0 aliphatic rings. The molecule has 2 aromatic rings. The molecule has 0 spiro atoms. The highest BCUT2D eigenvalue weighted by molar-refractivity contribution is 7.84. The number of non-ortho nitro benzene ring substituents is 1. The van der Waals surface area contributed by atoms with Crippen LogP contribution >= 0.6 is 23.2 Å². The number of ether oxygens (including phenoxy) is 1. The predicted octanol–water partition coefficient (Wildman–Crippen LogP) is 1.84. The molecule has 25 heavy (non-hydrogen) atoms. The molecular formula is C14H12Cl2N3O5S+. The molecule has 2 rings (SSSR count). The van der Waals surface area contributed by atoms with Crippen LogP contribution < -0.4 is 14.9 Å². The molecule has 132 valence electrons. The minimum Gasteiger partial charge on any atom is -0.454 e. The van der Waals surface area contributed by atoms with E-state index in [0.29, 0.717) is 0 Å². The maximum atomic E-state index is 12.1. The summed E-state index contributed by atoms with van der Waals surface area (Å²) in [6, 6.07) is 7.53. The summed E-state index contributed by atoms with van der Waals surface area (Å²) in [5.74, 6) is 0.248. The SMILES string of the molecule is CC(N)=[NH+]S(=O)(=O)c1cc(Cl)c(Oc2ccc([N+](=O)[O-])cc2)c(Cl)c1. The number of rotatable bonds is 5. The average molecular weight is 405 g/mol. The first kappa shape index (κ1) is 19.0. The van der Waals surface area contributed by atoms with E-state index in [1.54, 1.807) is 0 Å². The van der Waals surface area contributed by atoms with Gasteiger partial charge in [0.1, 0.15) is 10.6 Å². The van der Waals surface area contributed by atoms with Gasteiger partial charge in [-0.3, -0.25) is 15.8 Å². The lowest BCUT2D eigenvalue weighted by Gasteiger charge is -2.10. The molecule has 0 fully saturated rings. The number of amidine groups is 1. The smallest absolute Gasteiger partial charge is 0.328 e. The Labute approximate surface area is 153 Å². The average Bonchev–Trinajstić information content (AvgIpc) is 2.49. The molecule has 0 unspecified atom stereocenters. The monoisotopic (exact) mass is 404 g/mol. The Morgan fingerprint density at radius 1 is 1.20 bits per heavy atom.